The minimum Gasteiger partial charge on any atom is -0.462 e. The second kappa shape index (κ2) is 5.85. The maximum atomic E-state index is 11.6. The summed E-state index contributed by atoms with van der Waals surface area (Å²) >= 11 is 1.72. The van der Waals surface area contributed by atoms with Gasteiger partial charge in [-0.05, 0) is 49.2 Å². The molecule has 0 aliphatic carbocycles. The lowest BCUT2D eigenvalue weighted by atomic mass is 10.0. The minimum atomic E-state index is -0.286. The molecular formula is C16H16O2S. The third kappa shape index (κ3) is 3.12. The molecule has 0 aliphatic rings. The first kappa shape index (κ1) is 13.6. The number of carbonyl (C=O) groups is 1. The van der Waals surface area contributed by atoms with Crippen LogP contribution in [0.25, 0.3) is 5.57 Å². The van der Waals surface area contributed by atoms with Crippen LogP contribution >= 0.6 is 11.3 Å². The summed E-state index contributed by atoms with van der Waals surface area (Å²) in [6, 6.07) is 11.5. The Hall–Kier alpha value is -1.87. The molecule has 0 spiro atoms. The van der Waals surface area contributed by atoms with E-state index in [0.29, 0.717) is 12.2 Å². The highest BCUT2D eigenvalue weighted by Gasteiger charge is 2.08. The zero-order valence-corrected chi connectivity index (χ0v) is 11.9. The number of carbonyl (C=O) groups excluding carboxylic acids is 1. The van der Waals surface area contributed by atoms with Crippen molar-refractivity contribution in [3.8, 4) is 0 Å². The highest BCUT2D eigenvalue weighted by Crippen LogP contribution is 2.28. The van der Waals surface area contributed by atoms with E-state index in [4.69, 9.17) is 4.74 Å². The lowest BCUT2D eigenvalue weighted by molar-refractivity contribution is 0.0526. The van der Waals surface area contributed by atoms with Crippen molar-refractivity contribution in [3.05, 3.63) is 63.9 Å². The molecule has 0 saturated heterocycles. The highest BCUT2D eigenvalue weighted by molar-refractivity contribution is 7.13. The van der Waals surface area contributed by atoms with Crippen LogP contribution in [0.2, 0.25) is 0 Å². The number of hydrogen-bond donors (Lipinski definition) is 0. The van der Waals surface area contributed by atoms with E-state index in [1.165, 1.54) is 4.88 Å². The Balaban J connectivity index is 2.18. The molecule has 2 rings (SSSR count). The van der Waals surface area contributed by atoms with Gasteiger partial charge in [0, 0.05) is 9.75 Å². The Morgan fingerprint density at radius 3 is 2.32 bits per heavy atom. The van der Waals surface area contributed by atoms with E-state index >= 15 is 0 Å². The molecule has 0 unspecified atom stereocenters. The van der Waals surface area contributed by atoms with Crippen LogP contribution in [-0.2, 0) is 4.74 Å². The van der Waals surface area contributed by atoms with Gasteiger partial charge in [0.15, 0.2) is 0 Å². The van der Waals surface area contributed by atoms with E-state index in [1.807, 2.05) is 12.1 Å². The summed E-state index contributed by atoms with van der Waals surface area (Å²) in [7, 11) is 0. The molecule has 98 valence electrons. The second-order valence-electron chi connectivity index (χ2n) is 4.19. The number of esters is 1. The second-order valence-corrected chi connectivity index (χ2v) is 5.47. The van der Waals surface area contributed by atoms with Gasteiger partial charge >= 0.3 is 5.97 Å². The average molecular weight is 272 g/mol. The van der Waals surface area contributed by atoms with Gasteiger partial charge in [0.25, 0.3) is 0 Å². The molecule has 0 amide bonds. The fourth-order valence-corrected chi connectivity index (χ4v) is 2.62. The molecule has 1 aromatic heterocycles. The van der Waals surface area contributed by atoms with Gasteiger partial charge in [-0.3, -0.25) is 0 Å². The van der Waals surface area contributed by atoms with Crippen molar-refractivity contribution in [1.82, 2.24) is 0 Å². The molecule has 3 heteroatoms. The van der Waals surface area contributed by atoms with Crippen molar-refractivity contribution < 1.29 is 9.53 Å². The predicted octanol–water partition coefficient (Wildman–Crippen LogP) is 4.29. The van der Waals surface area contributed by atoms with Crippen molar-refractivity contribution >= 4 is 22.9 Å². The average Bonchev–Trinajstić information content (AvgIpc) is 2.85. The molecule has 0 atom stereocenters. The van der Waals surface area contributed by atoms with Gasteiger partial charge in [-0.2, -0.15) is 0 Å². The molecule has 2 nitrogen and oxygen atoms in total. The number of benzene rings is 1. The van der Waals surface area contributed by atoms with Crippen LogP contribution < -0.4 is 0 Å². The smallest absolute Gasteiger partial charge is 0.338 e. The summed E-state index contributed by atoms with van der Waals surface area (Å²) in [4.78, 5) is 14.0. The van der Waals surface area contributed by atoms with Crippen LogP contribution in [0.15, 0.2) is 43.0 Å². The minimum absolute atomic E-state index is 0.286. The van der Waals surface area contributed by atoms with Crippen molar-refractivity contribution in [1.29, 1.82) is 0 Å². The fraction of sp³-hybridized carbons (Fsp3) is 0.188. The normalized spacial score (nSPS) is 10.2. The molecule has 0 aliphatic heterocycles. The standard InChI is InChI=1S/C16H16O2S/c1-4-18-16(17)14-8-6-13(7-9-14)12(3)15-10-5-11(2)19-15/h5-10H,3-4H2,1-2H3. The van der Waals surface area contributed by atoms with Gasteiger partial charge in [-0.1, -0.05) is 18.7 Å². The van der Waals surface area contributed by atoms with E-state index in [9.17, 15) is 4.79 Å². The summed E-state index contributed by atoms with van der Waals surface area (Å²) in [5.74, 6) is -0.286. The van der Waals surface area contributed by atoms with Crippen LogP contribution in [0.4, 0.5) is 0 Å². The molecule has 0 saturated carbocycles. The third-order valence-corrected chi connectivity index (χ3v) is 3.84. The van der Waals surface area contributed by atoms with Crippen LogP contribution in [0, 0.1) is 6.92 Å². The zero-order chi connectivity index (χ0) is 13.8. The van der Waals surface area contributed by atoms with Crippen molar-refractivity contribution in [3.63, 3.8) is 0 Å². The molecule has 0 bridgehead atoms. The van der Waals surface area contributed by atoms with Crippen molar-refractivity contribution in [2.75, 3.05) is 6.61 Å². The van der Waals surface area contributed by atoms with Gasteiger partial charge in [0.05, 0.1) is 12.2 Å². The molecule has 0 radical (unpaired) electrons. The van der Waals surface area contributed by atoms with Crippen LogP contribution in [-0.4, -0.2) is 12.6 Å². The van der Waals surface area contributed by atoms with Gasteiger partial charge in [0.2, 0.25) is 0 Å². The van der Waals surface area contributed by atoms with E-state index in [-0.39, 0.29) is 5.97 Å². The predicted molar refractivity (Wildman–Crippen MR) is 79.6 cm³/mol. The first-order valence-corrected chi connectivity index (χ1v) is 6.96. The Kier molecular flexibility index (Phi) is 4.17. The summed E-state index contributed by atoms with van der Waals surface area (Å²) in [6.07, 6.45) is 0. The van der Waals surface area contributed by atoms with E-state index in [0.717, 1.165) is 16.0 Å². The third-order valence-electron chi connectivity index (χ3n) is 2.78. The number of thiophene rings is 1. The molecule has 1 aromatic carbocycles. The maximum Gasteiger partial charge on any atom is 0.338 e. The van der Waals surface area contributed by atoms with E-state index < -0.39 is 0 Å². The Bertz CT molecular complexity index is 593. The first-order valence-electron chi connectivity index (χ1n) is 6.15. The number of hydrogen-bond acceptors (Lipinski definition) is 3. The maximum absolute atomic E-state index is 11.6. The molecule has 2 aromatic rings. The van der Waals surface area contributed by atoms with Crippen LogP contribution in [0.3, 0.4) is 0 Å². The zero-order valence-electron chi connectivity index (χ0n) is 11.1. The number of aryl methyl sites for hydroxylation is 1. The molecule has 0 fully saturated rings. The SMILES string of the molecule is C=C(c1ccc(C(=O)OCC)cc1)c1ccc(C)s1. The number of rotatable bonds is 4. The topological polar surface area (TPSA) is 26.3 Å². The molecule has 19 heavy (non-hydrogen) atoms. The van der Waals surface area contributed by atoms with Gasteiger partial charge in [-0.15, -0.1) is 11.3 Å². The van der Waals surface area contributed by atoms with Gasteiger partial charge in [-0.25, -0.2) is 4.79 Å². The van der Waals surface area contributed by atoms with Gasteiger partial charge < -0.3 is 4.74 Å². The fourth-order valence-electron chi connectivity index (χ4n) is 1.76. The Labute approximate surface area is 117 Å². The summed E-state index contributed by atoms with van der Waals surface area (Å²) in [5.41, 5.74) is 2.57. The lowest BCUT2D eigenvalue weighted by Crippen LogP contribution is -2.04. The highest BCUT2D eigenvalue weighted by atomic mass is 32.1. The first-order chi connectivity index (χ1) is 9.11. The quantitative estimate of drug-likeness (QED) is 0.776. The monoisotopic (exact) mass is 272 g/mol. The Morgan fingerprint density at radius 1 is 1.16 bits per heavy atom. The van der Waals surface area contributed by atoms with E-state index in [2.05, 4.69) is 25.6 Å². The molecule has 1 heterocycles. The largest absolute Gasteiger partial charge is 0.462 e. The number of ether oxygens (including phenoxy) is 1. The van der Waals surface area contributed by atoms with Crippen molar-refractivity contribution in [2.45, 2.75) is 13.8 Å². The van der Waals surface area contributed by atoms with Crippen LogP contribution in [0.1, 0.15) is 32.6 Å². The van der Waals surface area contributed by atoms with Crippen LogP contribution in [0.5, 0.6) is 0 Å². The van der Waals surface area contributed by atoms with E-state index in [1.54, 1.807) is 30.4 Å². The summed E-state index contributed by atoms with van der Waals surface area (Å²) in [5, 5.41) is 0. The molecular weight excluding hydrogens is 256 g/mol. The lowest BCUT2D eigenvalue weighted by Gasteiger charge is -2.05. The Morgan fingerprint density at radius 2 is 1.79 bits per heavy atom. The van der Waals surface area contributed by atoms with Gasteiger partial charge in [0.1, 0.15) is 0 Å². The molecule has 0 N–H and O–H groups in total. The summed E-state index contributed by atoms with van der Waals surface area (Å²) in [6.45, 7) is 8.38. The summed E-state index contributed by atoms with van der Waals surface area (Å²) < 4.78 is 4.96. The van der Waals surface area contributed by atoms with Crippen molar-refractivity contribution in [2.24, 2.45) is 0 Å².